The quantitative estimate of drug-likeness (QED) is 0.109. The Labute approximate surface area is 366 Å². The van der Waals surface area contributed by atoms with Crippen molar-refractivity contribution < 1.29 is 0 Å². The molecule has 0 saturated heterocycles. The summed E-state index contributed by atoms with van der Waals surface area (Å²) < 4.78 is 0. The van der Waals surface area contributed by atoms with Crippen LogP contribution in [0.1, 0.15) is 49.8 Å². The van der Waals surface area contributed by atoms with E-state index >= 15 is 0 Å². The summed E-state index contributed by atoms with van der Waals surface area (Å²) in [6, 6.07) is 69.3. The molecule has 0 radical (unpaired) electrons. The third-order valence-corrected chi connectivity index (χ3v) is 14.3. The molecule has 1 saturated carbocycles. The predicted octanol–water partition coefficient (Wildman–Crippen LogP) is 16.4. The fraction of sp³-hybridized carbons (Fsp3) is 0.148. The Hall–Kier alpha value is -6.96. The van der Waals surface area contributed by atoms with E-state index in [9.17, 15) is 0 Å². The topological polar surface area (TPSA) is 3.24 Å². The first-order valence-corrected chi connectivity index (χ1v) is 22.4. The van der Waals surface area contributed by atoms with Gasteiger partial charge < -0.3 is 4.90 Å². The number of allylic oxidation sites excluding steroid dienone is 6. The zero-order valence-corrected chi connectivity index (χ0v) is 35.6. The second-order valence-corrected chi connectivity index (χ2v) is 17.9. The van der Waals surface area contributed by atoms with Crippen LogP contribution in [0, 0.1) is 17.8 Å². The molecule has 4 atom stereocenters. The maximum Gasteiger partial charge on any atom is 0.0549 e. The molecule has 0 amide bonds. The van der Waals surface area contributed by atoms with Crippen LogP contribution in [0.4, 0.5) is 11.4 Å². The smallest absolute Gasteiger partial charge is 0.0549 e. The molecule has 4 unspecified atom stereocenters. The summed E-state index contributed by atoms with van der Waals surface area (Å²) in [4.78, 5) is 2.54. The van der Waals surface area contributed by atoms with Crippen molar-refractivity contribution in [2.24, 2.45) is 17.8 Å². The van der Waals surface area contributed by atoms with Gasteiger partial charge in [0.2, 0.25) is 0 Å². The van der Waals surface area contributed by atoms with E-state index in [0.717, 1.165) is 17.1 Å². The SMILES string of the molecule is C=CC1=C(/C=C(\c2c3ccccc3cc3ccccc23)N(c2ccc(-c3ccccc3)cc2)c2ccc(-c3ccccc3)cc2)C2(C=C(C)C3CC(C)CC2C3)c2ccccc21. The Morgan fingerprint density at radius 3 is 1.68 bits per heavy atom. The summed E-state index contributed by atoms with van der Waals surface area (Å²) in [5, 5.41) is 4.92. The Bertz CT molecular complexity index is 2940. The normalized spacial score (nSPS) is 20.6. The van der Waals surface area contributed by atoms with Gasteiger partial charge in [-0.05, 0) is 146 Å². The summed E-state index contributed by atoms with van der Waals surface area (Å²) in [6.45, 7) is 9.47. The van der Waals surface area contributed by atoms with Gasteiger partial charge in [-0.15, -0.1) is 0 Å². The third kappa shape index (κ3) is 6.30. The minimum absolute atomic E-state index is 0.291. The molecule has 3 aliphatic rings. The summed E-state index contributed by atoms with van der Waals surface area (Å²) in [5.41, 5.74) is 15.9. The average molecular weight is 798 g/mol. The number of fused-ring (bicyclic) bond motifs is 7. The van der Waals surface area contributed by atoms with Crippen molar-refractivity contribution in [1.82, 2.24) is 0 Å². The van der Waals surface area contributed by atoms with Gasteiger partial charge in [0.15, 0.2) is 0 Å². The highest BCUT2D eigenvalue weighted by Gasteiger charge is 2.52. The van der Waals surface area contributed by atoms with Gasteiger partial charge in [-0.25, -0.2) is 0 Å². The first-order valence-electron chi connectivity index (χ1n) is 22.4. The van der Waals surface area contributed by atoms with Crippen molar-refractivity contribution in [1.29, 1.82) is 0 Å². The summed E-state index contributed by atoms with van der Waals surface area (Å²) in [5.74, 6) is 1.76. The zero-order chi connectivity index (χ0) is 41.8. The molecule has 1 spiro atoms. The van der Waals surface area contributed by atoms with Crippen LogP contribution in [-0.4, -0.2) is 0 Å². The highest BCUT2D eigenvalue weighted by atomic mass is 15.1. The molecule has 3 aliphatic carbocycles. The van der Waals surface area contributed by atoms with Crippen molar-refractivity contribution in [3.05, 3.63) is 241 Å². The lowest BCUT2D eigenvalue weighted by atomic mass is 9.54. The van der Waals surface area contributed by atoms with E-state index < -0.39 is 0 Å². The van der Waals surface area contributed by atoms with Gasteiger partial charge in [0.1, 0.15) is 0 Å². The lowest BCUT2D eigenvalue weighted by molar-refractivity contribution is 0.167. The molecule has 0 aromatic heterocycles. The van der Waals surface area contributed by atoms with Crippen LogP contribution in [-0.2, 0) is 5.41 Å². The Kier molecular flexibility index (Phi) is 9.50. The van der Waals surface area contributed by atoms with Gasteiger partial charge in [0.05, 0.1) is 5.70 Å². The molecule has 62 heavy (non-hydrogen) atoms. The van der Waals surface area contributed by atoms with Crippen LogP contribution in [0.3, 0.4) is 0 Å². The average Bonchev–Trinajstić information content (AvgIpc) is 3.59. The molecular weight excluding hydrogens is 747 g/mol. The number of hydrogen-bond acceptors (Lipinski definition) is 1. The minimum atomic E-state index is -0.291. The third-order valence-electron chi connectivity index (χ3n) is 14.3. The van der Waals surface area contributed by atoms with Crippen molar-refractivity contribution in [3.8, 4) is 22.3 Å². The first kappa shape index (κ1) is 38.0. The van der Waals surface area contributed by atoms with Crippen LogP contribution in [0.5, 0.6) is 0 Å². The van der Waals surface area contributed by atoms with Crippen molar-refractivity contribution in [3.63, 3.8) is 0 Å². The molecule has 8 aromatic carbocycles. The van der Waals surface area contributed by atoms with E-state index in [1.165, 1.54) is 96.5 Å². The summed E-state index contributed by atoms with van der Waals surface area (Å²) in [6.07, 6.45) is 11.1. The molecule has 1 nitrogen and oxygen atoms in total. The van der Waals surface area contributed by atoms with Gasteiger partial charge in [0.25, 0.3) is 0 Å². The van der Waals surface area contributed by atoms with Gasteiger partial charge in [-0.3, -0.25) is 0 Å². The lowest BCUT2D eigenvalue weighted by Crippen LogP contribution is -2.42. The summed E-state index contributed by atoms with van der Waals surface area (Å²) in [7, 11) is 0. The fourth-order valence-corrected chi connectivity index (χ4v) is 11.5. The van der Waals surface area contributed by atoms with Gasteiger partial charge in [0, 0.05) is 22.4 Å². The number of benzene rings is 8. The molecule has 8 aromatic rings. The lowest BCUT2D eigenvalue weighted by Gasteiger charge is -2.49. The van der Waals surface area contributed by atoms with Gasteiger partial charge >= 0.3 is 0 Å². The second kappa shape index (κ2) is 15.5. The Balaban J connectivity index is 1.25. The van der Waals surface area contributed by atoms with E-state index in [0.29, 0.717) is 17.8 Å². The van der Waals surface area contributed by atoms with Crippen molar-refractivity contribution in [2.45, 2.75) is 38.5 Å². The number of nitrogens with zero attached hydrogens (tertiary/aromatic N) is 1. The maximum absolute atomic E-state index is 4.58. The predicted molar refractivity (Wildman–Crippen MR) is 264 cm³/mol. The molecule has 0 N–H and O–H groups in total. The molecule has 11 rings (SSSR count). The van der Waals surface area contributed by atoms with Crippen molar-refractivity contribution >= 4 is 44.2 Å². The van der Waals surface area contributed by atoms with Crippen LogP contribution >= 0.6 is 0 Å². The largest absolute Gasteiger partial charge is 0.310 e. The van der Waals surface area contributed by atoms with E-state index in [2.05, 4.69) is 232 Å². The minimum Gasteiger partial charge on any atom is -0.310 e. The van der Waals surface area contributed by atoms with Crippen molar-refractivity contribution in [2.75, 3.05) is 4.90 Å². The highest BCUT2D eigenvalue weighted by Crippen LogP contribution is 2.61. The molecule has 300 valence electrons. The van der Waals surface area contributed by atoms with Crippen LogP contribution in [0.15, 0.2) is 224 Å². The molecule has 1 heteroatoms. The number of anilines is 2. The monoisotopic (exact) mass is 797 g/mol. The van der Waals surface area contributed by atoms with Gasteiger partial charge in [-0.1, -0.05) is 189 Å². The van der Waals surface area contributed by atoms with Gasteiger partial charge in [-0.2, -0.15) is 0 Å². The Morgan fingerprint density at radius 1 is 0.581 bits per heavy atom. The Morgan fingerprint density at radius 2 is 1.10 bits per heavy atom. The van der Waals surface area contributed by atoms with E-state index in [1.807, 2.05) is 0 Å². The van der Waals surface area contributed by atoms with E-state index in [-0.39, 0.29) is 5.41 Å². The molecule has 2 bridgehead atoms. The maximum atomic E-state index is 4.58. The van der Waals surface area contributed by atoms with Crippen LogP contribution in [0.25, 0.3) is 55.1 Å². The van der Waals surface area contributed by atoms with E-state index in [4.69, 9.17) is 0 Å². The van der Waals surface area contributed by atoms with E-state index in [1.54, 1.807) is 0 Å². The molecular formula is C61H51N. The first-order chi connectivity index (χ1) is 30.5. The molecule has 1 fully saturated rings. The highest BCUT2D eigenvalue weighted by molar-refractivity contribution is 6.13. The number of rotatable bonds is 8. The standard InChI is InChI=1S/C61H51N/c1-4-53-56-25-15-16-26-57(56)61(40-42(3)49-35-41(2)36-50(61)38-49)58(53)39-59(60-54-23-13-11-21-47(54)37-48-22-12-14-24-55(48)60)62(51-31-27-45(28-32-51)43-17-7-5-8-18-43)52-33-29-46(30-34-52)44-19-9-6-10-20-44/h4-34,37,39-41,49-50H,1,35-36,38H2,2-3H3/b59-39+. The second-order valence-electron chi connectivity index (χ2n) is 17.9. The zero-order valence-electron chi connectivity index (χ0n) is 35.6. The molecule has 0 heterocycles. The van der Waals surface area contributed by atoms with Crippen LogP contribution < -0.4 is 4.90 Å². The fourth-order valence-electron chi connectivity index (χ4n) is 11.5. The van der Waals surface area contributed by atoms with Crippen LogP contribution in [0.2, 0.25) is 0 Å². The summed E-state index contributed by atoms with van der Waals surface area (Å²) >= 11 is 0. The number of hydrogen-bond donors (Lipinski definition) is 0. The molecule has 0 aliphatic heterocycles.